The van der Waals surface area contributed by atoms with Crippen LogP contribution in [-0.4, -0.2) is 29.8 Å². The molecule has 0 rings (SSSR count). The van der Waals surface area contributed by atoms with Gasteiger partial charge >= 0.3 is 17.9 Å². The summed E-state index contributed by atoms with van der Waals surface area (Å²) in [5.74, 6) is -0.254. The van der Waals surface area contributed by atoms with Gasteiger partial charge in [0.05, 0.1) is 6.26 Å². The summed E-state index contributed by atoms with van der Waals surface area (Å²) < 4.78 is 14.6. The minimum absolute atomic E-state index is 0.0936. The van der Waals surface area contributed by atoms with Crippen LogP contribution < -0.4 is 0 Å². The van der Waals surface area contributed by atoms with E-state index in [0.717, 1.165) is 12.5 Å². The number of carbonyl (C=O) groups excluding carboxylic acids is 4. The lowest BCUT2D eigenvalue weighted by atomic mass is 10.0. The summed E-state index contributed by atoms with van der Waals surface area (Å²) in [6, 6.07) is 0. The molecule has 7 heteroatoms. The number of hydrogen-bond donors (Lipinski definition) is 0. The number of ketones is 1. The van der Waals surface area contributed by atoms with Crippen molar-refractivity contribution in [2.45, 2.75) is 40.2 Å². The van der Waals surface area contributed by atoms with Gasteiger partial charge in [-0.15, -0.1) is 6.42 Å². The number of ether oxygens (including phenoxy) is 3. The van der Waals surface area contributed by atoms with E-state index in [2.05, 4.69) is 4.74 Å². The molecule has 0 aliphatic rings. The van der Waals surface area contributed by atoms with Crippen molar-refractivity contribution in [2.75, 3.05) is 0 Å². The second-order valence-corrected chi connectivity index (χ2v) is 4.83. The van der Waals surface area contributed by atoms with E-state index in [1.165, 1.54) is 39.8 Å². The van der Waals surface area contributed by atoms with Gasteiger partial charge in [-0.25, -0.2) is 0 Å². The van der Waals surface area contributed by atoms with Crippen molar-refractivity contribution in [3.8, 4) is 12.3 Å². The number of esters is 3. The second-order valence-electron chi connectivity index (χ2n) is 4.83. The molecule has 0 bridgehead atoms. The summed E-state index contributed by atoms with van der Waals surface area (Å²) >= 11 is 0. The first-order chi connectivity index (χ1) is 11.7. The predicted molar refractivity (Wildman–Crippen MR) is 88.5 cm³/mol. The van der Waals surface area contributed by atoms with Crippen LogP contribution in [0.2, 0.25) is 0 Å². The number of allylic oxidation sites excluding steroid dienone is 1. The summed E-state index contributed by atoms with van der Waals surface area (Å²) in [4.78, 5) is 44.6. The van der Waals surface area contributed by atoms with E-state index in [9.17, 15) is 19.2 Å². The Morgan fingerprint density at radius 1 is 1.00 bits per heavy atom. The Labute approximate surface area is 146 Å². The predicted octanol–water partition coefficient (Wildman–Crippen LogP) is 1.98. The van der Waals surface area contributed by atoms with Crippen LogP contribution in [0.25, 0.3) is 0 Å². The molecule has 0 aliphatic heterocycles. The molecule has 134 valence electrons. The van der Waals surface area contributed by atoms with Gasteiger partial charge in [-0.2, -0.15) is 0 Å². The van der Waals surface area contributed by atoms with Gasteiger partial charge in [0.15, 0.2) is 0 Å². The molecule has 0 aromatic heterocycles. The van der Waals surface area contributed by atoms with Gasteiger partial charge in [-0.1, -0.05) is 6.08 Å². The highest BCUT2D eigenvalue weighted by molar-refractivity contribution is 6.07. The first-order valence-electron chi connectivity index (χ1n) is 7.23. The Balaban J connectivity index is 5.55. The molecule has 0 aromatic rings. The highest BCUT2D eigenvalue weighted by Crippen LogP contribution is 2.16. The average Bonchev–Trinajstić information content (AvgIpc) is 2.52. The number of carbonyl (C=O) groups is 4. The summed E-state index contributed by atoms with van der Waals surface area (Å²) in [7, 11) is 0. The van der Waals surface area contributed by atoms with Crippen LogP contribution in [0.5, 0.6) is 0 Å². The molecule has 25 heavy (non-hydrogen) atoms. The second kappa shape index (κ2) is 11.4. The van der Waals surface area contributed by atoms with E-state index in [0.29, 0.717) is 5.57 Å². The monoisotopic (exact) mass is 348 g/mol. The van der Waals surface area contributed by atoms with E-state index in [4.69, 9.17) is 15.9 Å². The first-order valence-corrected chi connectivity index (χ1v) is 7.23. The molecule has 0 spiro atoms. The molecule has 0 saturated carbocycles. The molecule has 0 N–H and O–H groups in total. The van der Waals surface area contributed by atoms with E-state index < -0.39 is 29.8 Å². The minimum atomic E-state index is -0.885. The molecule has 0 aliphatic carbocycles. The van der Waals surface area contributed by atoms with Crippen LogP contribution in [0.1, 0.15) is 34.1 Å². The maximum absolute atomic E-state index is 11.4. The van der Waals surface area contributed by atoms with Gasteiger partial charge in [-0.05, 0) is 18.9 Å². The van der Waals surface area contributed by atoms with Crippen molar-refractivity contribution in [1.29, 1.82) is 0 Å². The minimum Gasteiger partial charge on any atom is -0.457 e. The average molecular weight is 348 g/mol. The topological polar surface area (TPSA) is 96.0 Å². The van der Waals surface area contributed by atoms with Crippen LogP contribution in [0.3, 0.4) is 0 Å². The highest BCUT2D eigenvalue weighted by Gasteiger charge is 2.17. The van der Waals surface area contributed by atoms with Crippen molar-refractivity contribution in [2.24, 2.45) is 0 Å². The van der Waals surface area contributed by atoms with Crippen LogP contribution in [0.15, 0.2) is 35.8 Å². The van der Waals surface area contributed by atoms with Gasteiger partial charge < -0.3 is 14.2 Å². The third kappa shape index (κ3) is 10.3. The van der Waals surface area contributed by atoms with Crippen LogP contribution in [0, 0.1) is 12.3 Å². The lowest BCUT2D eigenvalue weighted by Gasteiger charge is -2.16. The number of Topliss-reactive ketones (excluding diaryl/α,β-unsaturated/α-hetero) is 1. The van der Waals surface area contributed by atoms with E-state index >= 15 is 0 Å². The van der Waals surface area contributed by atoms with Gasteiger partial charge in [-0.3, -0.25) is 19.2 Å². The lowest BCUT2D eigenvalue weighted by Crippen LogP contribution is -2.18. The van der Waals surface area contributed by atoms with E-state index in [1.54, 1.807) is 0 Å². The molecule has 0 amide bonds. The molecule has 0 saturated heterocycles. The Morgan fingerprint density at radius 3 is 2.08 bits per heavy atom. The maximum atomic E-state index is 11.4. The first kappa shape index (κ1) is 21.9. The molecular formula is C18H20O7. The van der Waals surface area contributed by atoms with E-state index in [-0.39, 0.29) is 12.0 Å². The van der Waals surface area contributed by atoms with Crippen LogP contribution in [0.4, 0.5) is 0 Å². The molecule has 0 unspecified atom stereocenters. The number of terminal acetylenes is 1. The number of rotatable bonds is 8. The normalized spacial score (nSPS) is 12.9. The fourth-order valence-electron chi connectivity index (χ4n) is 1.52. The summed E-state index contributed by atoms with van der Waals surface area (Å²) in [6.07, 6.45) is 9.19. The standard InChI is InChI=1S/C18H20O7/c1-6-17(22)12(2)7-8-18(25-15(5)21)16(11-24-14(4)20)9-10-23-13(3)19/h1,7,9-11,18H,8H2,2-5H3/b10-9+,12-7+,16-11-/t18-/m0/s1. The fourth-order valence-corrected chi connectivity index (χ4v) is 1.52. The Morgan fingerprint density at radius 2 is 1.60 bits per heavy atom. The summed E-state index contributed by atoms with van der Waals surface area (Å²) in [5, 5.41) is 0. The van der Waals surface area contributed by atoms with Crippen molar-refractivity contribution < 1.29 is 33.4 Å². The van der Waals surface area contributed by atoms with E-state index in [1.807, 2.05) is 5.92 Å². The lowest BCUT2D eigenvalue weighted by molar-refractivity contribution is -0.144. The largest absolute Gasteiger partial charge is 0.457 e. The Kier molecular flexibility index (Phi) is 9.97. The fraction of sp³-hybridized carbons (Fsp3) is 0.333. The molecular weight excluding hydrogens is 328 g/mol. The van der Waals surface area contributed by atoms with Gasteiger partial charge in [0.2, 0.25) is 5.78 Å². The summed E-state index contributed by atoms with van der Waals surface area (Å²) in [6.45, 7) is 5.13. The Bertz CT molecular complexity index is 659. The molecule has 0 fully saturated rings. The molecule has 0 heterocycles. The summed E-state index contributed by atoms with van der Waals surface area (Å²) in [5.41, 5.74) is 0.541. The molecule has 1 atom stereocenters. The number of hydrogen-bond acceptors (Lipinski definition) is 7. The van der Waals surface area contributed by atoms with Gasteiger partial charge in [0, 0.05) is 38.3 Å². The SMILES string of the molecule is C#CC(=O)/C(C)=C/C[C@H](OC(C)=O)C(=C\OC(C)=O)/C=C/OC(C)=O. The molecule has 0 aromatic carbocycles. The Hall–Kier alpha value is -3.14. The quantitative estimate of drug-likeness (QED) is 0.126. The van der Waals surface area contributed by atoms with Crippen molar-refractivity contribution in [1.82, 2.24) is 0 Å². The van der Waals surface area contributed by atoms with Crippen molar-refractivity contribution >= 4 is 23.7 Å². The van der Waals surface area contributed by atoms with Crippen LogP contribution >= 0.6 is 0 Å². The molecule has 7 nitrogen and oxygen atoms in total. The molecule has 0 radical (unpaired) electrons. The zero-order valence-corrected chi connectivity index (χ0v) is 14.5. The highest BCUT2D eigenvalue weighted by atomic mass is 16.5. The van der Waals surface area contributed by atoms with Crippen molar-refractivity contribution in [3.05, 3.63) is 35.8 Å². The van der Waals surface area contributed by atoms with Crippen molar-refractivity contribution in [3.63, 3.8) is 0 Å². The van der Waals surface area contributed by atoms with Gasteiger partial charge in [0.25, 0.3) is 0 Å². The zero-order valence-electron chi connectivity index (χ0n) is 14.5. The van der Waals surface area contributed by atoms with Crippen LogP contribution in [-0.2, 0) is 33.4 Å². The maximum Gasteiger partial charge on any atom is 0.307 e. The third-order valence-electron chi connectivity index (χ3n) is 2.66. The van der Waals surface area contributed by atoms with Gasteiger partial charge in [0.1, 0.15) is 12.4 Å². The smallest absolute Gasteiger partial charge is 0.307 e. The third-order valence-corrected chi connectivity index (χ3v) is 2.66. The zero-order chi connectivity index (χ0) is 19.4.